The maximum atomic E-state index is 11.5. The zero-order chi connectivity index (χ0) is 13.4. The molecule has 0 bridgehead atoms. The van der Waals surface area contributed by atoms with Crippen molar-refractivity contribution in [3.63, 3.8) is 0 Å². The van der Waals surface area contributed by atoms with E-state index in [9.17, 15) is 9.59 Å². The number of primary amides is 2. The number of carbonyl (C=O) groups excluding carboxylic acids is 2. The van der Waals surface area contributed by atoms with Crippen LogP contribution in [0.3, 0.4) is 0 Å². The van der Waals surface area contributed by atoms with Crippen LogP contribution < -0.4 is 11.5 Å². The molecule has 0 spiro atoms. The molecule has 94 valence electrons. The van der Waals surface area contributed by atoms with Crippen molar-refractivity contribution in [3.05, 3.63) is 0 Å². The molecule has 0 aromatic carbocycles. The molecular weight excluding hydrogens is 204 g/mol. The van der Waals surface area contributed by atoms with E-state index >= 15 is 0 Å². The molecule has 0 aliphatic carbocycles. The van der Waals surface area contributed by atoms with E-state index < -0.39 is 16.2 Å². The van der Waals surface area contributed by atoms with E-state index in [1.54, 1.807) is 13.8 Å². The van der Waals surface area contributed by atoms with Gasteiger partial charge in [0.1, 0.15) is 0 Å². The van der Waals surface area contributed by atoms with Crippen molar-refractivity contribution in [3.8, 4) is 0 Å². The summed E-state index contributed by atoms with van der Waals surface area (Å²) >= 11 is 0. The summed E-state index contributed by atoms with van der Waals surface area (Å²) in [4.78, 5) is 22.6. The average molecular weight is 228 g/mol. The molecule has 0 fully saturated rings. The summed E-state index contributed by atoms with van der Waals surface area (Å²) in [5.41, 5.74) is 9.14. The average Bonchev–Trinajstić information content (AvgIpc) is 2.00. The van der Waals surface area contributed by atoms with Crippen molar-refractivity contribution in [2.75, 3.05) is 0 Å². The van der Waals surface area contributed by atoms with Crippen molar-refractivity contribution < 1.29 is 9.59 Å². The molecule has 0 aliphatic heterocycles. The van der Waals surface area contributed by atoms with Gasteiger partial charge in [0.25, 0.3) is 0 Å². The predicted molar refractivity (Wildman–Crippen MR) is 64.3 cm³/mol. The number of rotatable bonds is 5. The number of carbonyl (C=O) groups is 2. The van der Waals surface area contributed by atoms with Crippen molar-refractivity contribution in [1.29, 1.82) is 0 Å². The molecular formula is C12H24N2O2. The Hall–Kier alpha value is -1.06. The Balaban J connectivity index is 5.33. The summed E-state index contributed by atoms with van der Waals surface area (Å²) in [6.07, 6.45) is 0.233. The van der Waals surface area contributed by atoms with Gasteiger partial charge in [-0.05, 0) is 10.8 Å². The number of nitrogens with two attached hydrogens (primary N) is 2. The number of amides is 2. The minimum absolute atomic E-state index is 0.233. The van der Waals surface area contributed by atoms with Crippen molar-refractivity contribution in [1.82, 2.24) is 0 Å². The Kier molecular flexibility index (Phi) is 3.80. The smallest absolute Gasteiger partial charge is 0.223 e. The molecule has 4 N–H and O–H groups in total. The summed E-state index contributed by atoms with van der Waals surface area (Å²) in [6.45, 7) is 11.4. The van der Waals surface area contributed by atoms with Crippen molar-refractivity contribution in [2.45, 2.75) is 48.0 Å². The molecule has 0 aromatic heterocycles. The summed E-state index contributed by atoms with van der Waals surface area (Å²) in [7, 11) is 0. The highest BCUT2D eigenvalue weighted by atomic mass is 16.1. The zero-order valence-electron chi connectivity index (χ0n) is 11.2. The molecule has 4 heteroatoms. The van der Waals surface area contributed by atoms with Gasteiger partial charge in [0.05, 0.1) is 0 Å². The topological polar surface area (TPSA) is 86.2 Å². The molecule has 0 unspecified atom stereocenters. The second-order valence-corrected chi connectivity index (χ2v) is 6.14. The van der Waals surface area contributed by atoms with Crippen LogP contribution in [-0.4, -0.2) is 11.8 Å². The van der Waals surface area contributed by atoms with Gasteiger partial charge in [-0.1, -0.05) is 41.5 Å². The third-order valence-corrected chi connectivity index (χ3v) is 4.49. The van der Waals surface area contributed by atoms with Gasteiger partial charge in [0.2, 0.25) is 11.8 Å². The first-order valence-corrected chi connectivity index (χ1v) is 5.44. The molecule has 0 heterocycles. The predicted octanol–water partition coefficient (Wildman–Crippen LogP) is 1.43. The lowest BCUT2D eigenvalue weighted by Crippen LogP contribution is -2.52. The van der Waals surface area contributed by atoms with Gasteiger partial charge < -0.3 is 11.5 Å². The first-order chi connectivity index (χ1) is 6.86. The van der Waals surface area contributed by atoms with Gasteiger partial charge in [-0.2, -0.15) is 0 Å². The van der Waals surface area contributed by atoms with Crippen LogP contribution in [0.15, 0.2) is 0 Å². The summed E-state index contributed by atoms with van der Waals surface area (Å²) in [6, 6.07) is 0. The third-order valence-electron chi connectivity index (χ3n) is 4.49. The summed E-state index contributed by atoms with van der Waals surface area (Å²) in [5, 5.41) is 0. The fourth-order valence-corrected chi connectivity index (χ4v) is 1.81. The van der Waals surface area contributed by atoms with E-state index in [1.807, 2.05) is 27.7 Å². The Morgan fingerprint density at radius 3 is 1.56 bits per heavy atom. The molecule has 0 saturated heterocycles. The fourth-order valence-electron chi connectivity index (χ4n) is 1.81. The first-order valence-electron chi connectivity index (χ1n) is 5.44. The first kappa shape index (κ1) is 14.9. The third kappa shape index (κ3) is 2.36. The maximum absolute atomic E-state index is 11.5. The monoisotopic (exact) mass is 228 g/mol. The molecule has 0 radical (unpaired) electrons. The Morgan fingerprint density at radius 1 is 0.938 bits per heavy atom. The SMILES string of the molecule is CC(C)(CC(N)=O)C(C)(C)C(C)(C)C(N)=O. The van der Waals surface area contributed by atoms with Gasteiger partial charge in [0.15, 0.2) is 0 Å². The standard InChI is InChI=1S/C12H24N2O2/c1-10(2,7-8(13)15)12(5,6)11(3,4)9(14)16/h7H2,1-6H3,(H2,13,15)(H2,14,16). The second-order valence-electron chi connectivity index (χ2n) is 6.14. The van der Waals surface area contributed by atoms with E-state index in [4.69, 9.17) is 11.5 Å². The Labute approximate surface area is 97.8 Å². The number of hydrogen-bond donors (Lipinski definition) is 2. The highest BCUT2D eigenvalue weighted by Crippen LogP contribution is 2.52. The highest BCUT2D eigenvalue weighted by molar-refractivity contribution is 5.81. The van der Waals surface area contributed by atoms with Crippen LogP contribution in [0.5, 0.6) is 0 Å². The van der Waals surface area contributed by atoms with Crippen molar-refractivity contribution in [2.24, 2.45) is 27.7 Å². The van der Waals surface area contributed by atoms with Gasteiger partial charge in [-0.15, -0.1) is 0 Å². The minimum Gasteiger partial charge on any atom is -0.370 e. The van der Waals surface area contributed by atoms with Gasteiger partial charge in [-0.3, -0.25) is 9.59 Å². The van der Waals surface area contributed by atoms with E-state index in [0.29, 0.717) is 0 Å². The van der Waals surface area contributed by atoms with Crippen LogP contribution in [0.4, 0.5) is 0 Å². The molecule has 0 aromatic rings. The van der Waals surface area contributed by atoms with Gasteiger partial charge >= 0.3 is 0 Å². The van der Waals surface area contributed by atoms with Gasteiger partial charge in [-0.25, -0.2) is 0 Å². The molecule has 0 rings (SSSR count). The zero-order valence-corrected chi connectivity index (χ0v) is 11.2. The van der Waals surface area contributed by atoms with Crippen LogP contribution in [0.2, 0.25) is 0 Å². The summed E-state index contributed by atoms with van der Waals surface area (Å²) < 4.78 is 0. The lowest BCUT2D eigenvalue weighted by molar-refractivity contribution is -0.141. The van der Waals surface area contributed by atoms with E-state index in [1.165, 1.54) is 0 Å². The number of hydrogen-bond acceptors (Lipinski definition) is 2. The van der Waals surface area contributed by atoms with E-state index in [2.05, 4.69) is 0 Å². The minimum atomic E-state index is -0.702. The van der Waals surface area contributed by atoms with Crippen LogP contribution >= 0.6 is 0 Å². The van der Waals surface area contributed by atoms with Crippen LogP contribution in [0, 0.1) is 16.2 Å². The second kappa shape index (κ2) is 4.07. The fraction of sp³-hybridized carbons (Fsp3) is 0.833. The lowest BCUT2D eigenvalue weighted by atomic mass is 9.53. The van der Waals surface area contributed by atoms with Crippen LogP contribution in [0.1, 0.15) is 48.0 Å². The largest absolute Gasteiger partial charge is 0.370 e. The van der Waals surface area contributed by atoms with Crippen LogP contribution in [0.25, 0.3) is 0 Å². The maximum Gasteiger partial charge on any atom is 0.223 e. The Bertz CT molecular complexity index is 304. The molecule has 0 atom stereocenters. The van der Waals surface area contributed by atoms with Crippen LogP contribution in [-0.2, 0) is 9.59 Å². The molecule has 0 aliphatic rings. The van der Waals surface area contributed by atoms with Crippen molar-refractivity contribution >= 4 is 11.8 Å². The normalized spacial score (nSPS) is 13.6. The summed E-state index contributed by atoms with van der Waals surface area (Å²) in [5.74, 6) is -0.728. The van der Waals surface area contributed by atoms with E-state index in [0.717, 1.165) is 0 Å². The van der Waals surface area contributed by atoms with E-state index in [-0.39, 0.29) is 18.2 Å². The molecule has 16 heavy (non-hydrogen) atoms. The molecule has 0 saturated carbocycles. The molecule has 2 amide bonds. The quantitative estimate of drug-likeness (QED) is 0.745. The molecule has 4 nitrogen and oxygen atoms in total. The highest BCUT2D eigenvalue weighted by Gasteiger charge is 2.51. The Morgan fingerprint density at radius 2 is 1.31 bits per heavy atom. The lowest BCUT2D eigenvalue weighted by Gasteiger charge is -2.50. The van der Waals surface area contributed by atoms with Gasteiger partial charge in [0, 0.05) is 11.8 Å².